The van der Waals surface area contributed by atoms with Gasteiger partial charge in [-0.1, -0.05) is 0 Å². The van der Waals surface area contributed by atoms with Gasteiger partial charge in [-0.25, -0.2) is 8.42 Å². The van der Waals surface area contributed by atoms with Crippen molar-refractivity contribution in [1.29, 1.82) is 0 Å². The molecule has 0 amide bonds. The zero-order valence-electron chi connectivity index (χ0n) is 5.85. The Kier molecular flexibility index (Phi) is 2.63. The number of rotatable bonds is 2. The molecule has 0 fully saturated rings. The summed E-state index contributed by atoms with van der Waals surface area (Å²) in [6, 6.07) is 0. The summed E-state index contributed by atoms with van der Waals surface area (Å²) in [5.41, 5.74) is 0. The van der Waals surface area contributed by atoms with Crippen LogP contribution in [0, 0.1) is 0 Å². The fourth-order valence-corrected chi connectivity index (χ4v) is 2.77. The van der Waals surface area contributed by atoms with Gasteiger partial charge < -0.3 is 4.84 Å². The van der Waals surface area contributed by atoms with Crippen LogP contribution in [0.15, 0.2) is 16.9 Å². The first-order valence-electron chi connectivity index (χ1n) is 2.78. The molecular formula is C4H8N2O3S2. The Bertz CT molecular complexity index is 292. The van der Waals surface area contributed by atoms with Gasteiger partial charge in [0.1, 0.15) is 6.26 Å². The fraction of sp³-hybridized carbons (Fsp3) is 0.500. The van der Waals surface area contributed by atoms with Crippen LogP contribution in [-0.2, 0) is 25.7 Å². The molecule has 1 unspecified atom stereocenters. The predicted molar refractivity (Wildman–Crippen MR) is 42.9 cm³/mol. The van der Waals surface area contributed by atoms with E-state index in [1.165, 1.54) is 6.26 Å². The molecule has 5 nitrogen and oxygen atoms in total. The summed E-state index contributed by atoms with van der Waals surface area (Å²) in [5.74, 6) is 0.563. The molecule has 0 radical (unpaired) electrons. The monoisotopic (exact) mass is 196 g/mol. The van der Waals surface area contributed by atoms with E-state index in [0.29, 0.717) is 5.75 Å². The molecule has 1 aliphatic heterocycles. The lowest BCUT2D eigenvalue weighted by Gasteiger charge is -2.06. The third-order valence-corrected chi connectivity index (χ3v) is 3.55. The minimum absolute atomic E-state index is 0.563. The van der Waals surface area contributed by atoms with E-state index < -0.39 is 20.9 Å². The van der Waals surface area contributed by atoms with Crippen molar-refractivity contribution in [3.8, 4) is 0 Å². The summed E-state index contributed by atoms with van der Waals surface area (Å²) in [6.07, 6.45) is 4.23. The van der Waals surface area contributed by atoms with Crippen LogP contribution in [0.5, 0.6) is 0 Å². The van der Waals surface area contributed by atoms with Crippen LogP contribution in [0.3, 0.4) is 0 Å². The molecule has 0 aromatic heterocycles. The van der Waals surface area contributed by atoms with E-state index in [0.717, 1.165) is 6.26 Å². The molecule has 0 aliphatic carbocycles. The molecule has 0 aromatic carbocycles. The van der Waals surface area contributed by atoms with Crippen LogP contribution < -0.4 is 4.13 Å². The summed E-state index contributed by atoms with van der Waals surface area (Å²) in [7, 11) is -3.91. The van der Waals surface area contributed by atoms with Gasteiger partial charge in [0.15, 0.2) is 0 Å². The van der Waals surface area contributed by atoms with Gasteiger partial charge in [-0.15, -0.1) is 4.13 Å². The number of nitrogens with zero attached hydrogens (tertiary/aromatic N) is 1. The average molecular weight is 196 g/mol. The topological polar surface area (TPSA) is 67.8 Å². The van der Waals surface area contributed by atoms with E-state index >= 15 is 0 Å². The van der Waals surface area contributed by atoms with Crippen molar-refractivity contribution in [1.82, 2.24) is 4.13 Å². The van der Waals surface area contributed by atoms with Crippen molar-refractivity contribution in [3.05, 3.63) is 12.3 Å². The molecule has 1 rings (SSSR count). The molecule has 11 heavy (non-hydrogen) atoms. The van der Waals surface area contributed by atoms with Crippen LogP contribution in [0.4, 0.5) is 0 Å². The molecule has 0 aromatic rings. The van der Waals surface area contributed by atoms with Gasteiger partial charge in [0.25, 0.3) is 0 Å². The third kappa shape index (κ3) is 3.49. The second kappa shape index (κ2) is 3.33. The standard InChI is InChI=1S/C4H8N2O3S2/c1-11(7,8)6-10-4-2-3-9-5-10/h2-3H,4H2,1H3,(H,5,6). The summed E-state index contributed by atoms with van der Waals surface area (Å²) in [6.45, 7) is 0. The van der Waals surface area contributed by atoms with E-state index in [2.05, 4.69) is 13.5 Å². The summed E-state index contributed by atoms with van der Waals surface area (Å²) in [4.78, 5) is 4.56. The molecule has 0 bridgehead atoms. The lowest BCUT2D eigenvalue weighted by Crippen LogP contribution is -2.26. The van der Waals surface area contributed by atoms with Gasteiger partial charge in [0.05, 0.1) is 6.26 Å². The van der Waals surface area contributed by atoms with Gasteiger partial charge in [0.2, 0.25) is 10.0 Å². The molecular weight excluding hydrogens is 188 g/mol. The van der Waals surface area contributed by atoms with Gasteiger partial charge >= 0.3 is 0 Å². The largest absolute Gasteiger partial charge is 0.358 e. The van der Waals surface area contributed by atoms with Gasteiger partial charge in [-0.2, -0.15) is 0 Å². The maximum absolute atomic E-state index is 10.7. The Hall–Kier alpha value is -0.400. The Morgan fingerprint density at radius 3 is 2.91 bits per heavy atom. The second-order valence-electron chi connectivity index (χ2n) is 1.94. The molecule has 7 heteroatoms. The highest BCUT2D eigenvalue weighted by Gasteiger charge is 2.06. The van der Waals surface area contributed by atoms with Gasteiger partial charge in [0, 0.05) is 16.6 Å². The number of hydrogen-bond acceptors (Lipinski definition) is 4. The second-order valence-corrected chi connectivity index (χ2v) is 5.36. The first-order valence-corrected chi connectivity index (χ1v) is 6.02. The predicted octanol–water partition coefficient (Wildman–Crippen LogP) is -0.289. The van der Waals surface area contributed by atoms with Crippen LogP contribution in [0.25, 0.3) is 0 Å². The average Bonchev–Trinajstić information content (AvgIpc) is 1.85. The van der Waals surface area contributed by atoms with Crippen LogP contribution in [0.2, 0.25) is 0 Å². The zero-order chi connectivity index (χ0) is 8.32. The highest BCUT2D eigenvalue weighted by atomic mass is 32.3. The highest BCUT2D eigenvalue weighted by Crippen LogP contribution is 1.96. The van der Waals surface area contributed by atoms with Crippen molar-refractivity contribution in [2.75, 3.05) is 12.0 Å². The number of hydrogen-bond donors (Lipinski definition) is 1. The SMILES string of the molecule is CS(=O)(=O)NS1=NOC=CC1. The van der Waals surface area contributed by atoms with Crippen molar-refractivity contribution in [3.63, 3.8) is 0 Å². The Morgan fingerprint density at radius 2 is 2.45 bits per heavy atom. The van der Waals surface area contributed by atoms with Crippen LogP contribution in [-0.4, -0.2) is 20.4 Å². The molecule has 1 N–H and O–H groups in total. The van der Waals surface area contributed by atoms with Gasteiger partial charge in [-0.3, -0.25) is 0 Å². The normalized spacial score (nSPS) is 23.9. The van der Waals surface area contributed by atoms with Crippen molar-refractivity contribution >= 4 is 20.9 Å². The maximum atomic E-state index is 10.7. The van der Waals surface area contributed by atoms with E-state index in [9.17, 15) is 8.42 Å². The molecule has 64 valence electrons. The maximum Gasteiger partial charge on any atom is 0.218 e. The minimum Gasteiger partial charge on any atom is -0.358 e. The Labute approximate surface area is 67.7 Å². The van der Waals surface area contributed by atoms with E-state index in [1.54, 1.807) is 6.08 Å². The minimum atomic E-state index is -3.17. The summed E-state index contributed by atoms with van der Waals surface area (Å²) in [5, 5.41) is 0. The highest BCUT2D eigenvalue weighted by molar-refractivity contribution is 8.02. The summed E-state index contributed by atoms with van der Waals surface area (Å²) >= 11 is 0. The van der Waals surface area contributed by atoms with Crippen molar-refractivity contribution in [2.45, 2.75) is 0 Å². The number of sulfonamides is 1. The smallest absolute Gasteiger partial charge is 0.218 e. The zero-order valence-corrected chi connectivity index (χ0v) is 7.48. The first kappa shape index (κ1) is 8.69. The lowest BCUT2D eigenvalue weighted by atomic mass is 10.7. The van der Waals surface area contributed by atoms with Crippen LogP contribution in [0.1, 0.15) is 0 Å². The molecule has 0 saturated heterocycles. The molecule has 0 saturated carbocycles. The Morgan fingerprint density at radius 1 is 1.73 bits per heavy atom. The van der Waals surface area contributed by atoms with Gasteiger partial charge in [-0.05, 0) is 10.6 Å². The Balaban J connectivity index is 2.57. The van der Waals surface area contributed by atoms with E-state index in [1.807, 2.05) is 0 Å². The lowest BCUT2D eigenvalue weighted by molar-refractivity contribution is 0.273. The first-order chi connectivity index (χ1) is 5.08. The van der Waals surface area contributed by atoms with E-state index in [-0.39, 0.29) is 0 Å². The number of nitrogens with one attached hydrogen (secondary N) is 1. The molecule has 1 heterocycles. The molecule has 0 spiro atoms. The van der Waals surface area contributed by atoms with E-state index in [4.69, 9.17) is 0 Å². The summed E-state index contributed by atoms with van der Waals surface area (Å²) < 4.78 is 27.2. The fourth-order valence-electron chi connectivity index (χ4n) is 0.505. The van der Waals surface area contributed by atoms with Crippen molar-refractivity contribution < 1.29 is 13.3 Å². The molecule has 1 aliphatic rings. The third-order valence-electron chi connectivity index (χ3n) is 0.792. The quantitative estimate of drug-likeness (QED) is 0.660. The molecule has 1 atom stereocenters. The van der Waals surface area contributed by atoms with Crippen LogP contribution >= 0.6 is 0 Å². The van der Waals surface area contributed by atoms with Crippen molar-refractivity contribution in [2.24, 2.45) is 4.53 Å².